The molecule has 142 valence electrons. The molecule has 0 fully saturated rings. The van der Waals surface area contributed by atoms with Gasteiger partial charge >= 0.3 is 6.18 Å². The highest BCUT2D eigenvalue weighted by atomic mass is 32.2. The molecule has 8 nitrogen and oxygen atoms in total. The van der Waals surface area contributed by atoms with Crippen LogP contribution in [0.4, 0.5) is 22.0 Å². The molecule has 0 aliphatic heterocycles. The summed E-state index contributed by atoms with van der Waals surface area (Å²) in [6, 6.07) is 2.30. The van der Waals surface area contributed by atoms with E-state index in [0.29, 0.717) is 16.8 Å². The van der Waals surface area contributed by atoms with Gasteiger partial charge < -0.3 is 0 Å². The van der Waals surface area contributed by atoms with Crippen molar-refractivity contribution < 1.29 is 30.4 Å². The minimum atomic E-state index is -4.95. The van der Waals surface area contributed by atoms with Crippen molar-refractivity contribution in [3.05, 3.63) is 48.1 Å². The number of benzene rings is 1. The number of aromatic nitrogens is 5. The van der Waals surface area contributed by atoms with Crippen LogP contribution in [0.15, 0.2) is 35.5 Å². The van der Waals surface area contributed by atoms with Crippen LogP contribution in [-0.2, 0) is 16.2 Å². The number of nitrogens with two attached hydrogens (primary N) is 1. The Morgan fingerprint density at radius 2 is 1.67 bits per heavy atom. The molecule has 27 heavy (non-hydrogen) atoms. The summed E-state index contributed by atoms with van der Waals surface area (Å²) in [5.41, 5.74) is -0.240. The lowest BCUT2D eigenvalue weighted by Gasteiger charge is -2.05. The van der Waals surface area contributed by atoms with E-state index >= 15 is 0 Å². The van der Waals surface area contributed by atoms with Gasteiger partial charge in [0, 0.05) is 5.56 Å². The number of rotatable bonds is 3. The molecule has 0 saturated heterocycles. The van der Waals surface area contributed by atoms with Crippen molar-refractivity contribution in [2.75, 3.05) is 0 Å². The molecule has 0 radical (unpaired) electrons. The Hall–Kier alpha value is -3.00. The van der Waals surface area contributed by atoms with Crippen LogP contribution in [0.1, 0.15) is 5.82 Å². The SMILES string of the molecule is NS(=O)(=O)c1cnc(-n2nc(C(F)(F)F)nc2-c2ccc(F)c(F)c2)nc1. The third-order valence-corrected chi connectivity index (χ3v) is 4.04. The van der Waals surface area contributed by atoms with E-state index in [2.05, 4.69) is 20.1 Å². The number of nitrogens with zero attached hydrogens (tertiary/aromatic N) is 5. The summed E-state index contributed by atoms with van der Waals surface area (Å²) in [5.74, 6) is -5.15. The van der Waals surface area contributed by atoms with Gasteiger partial charge in [-0.3, -0.25) is 0 Å². The van der Waals surface area contributed by atoms with Crippen LogP contribution >= 0.6 is 0 Å². The van der Waals surface area contributed by atoms with Gasteiger partial charge in [-0.25, -0.2) is 37.3 Å². The molecule has 1 aromatic carbocycles. The Bertz CT molecular complexity index is 1110. The second-order valence-corrected chi connectivity index (χ2v) is 6.62. The van der Waals surface area contributed by atoms with Crippen molar-refractivity contribution in [2.45, 2.75) is 11.1 Å². The van der Waals surface area contributed by atoms with Gasteiger partial charge in [0.05, 0.1) is 12.4 Å². The number of halogens is 5. The minimum absolute atomic E-state index is 0.240. The van der Waals surface area contributed by atoms with Crippen molar-refractivity contribution >= 4 is 10.0 Å². The van der Waals surface area contributed by atoms with Gasteiger partial charge in [0.1, 0.15) is 4.90 Å². The Morgan fingerprint density at radius 3 is 2.19 bits per heavy atom. The van der Waals surface area contributed by atoms with Crippen LogP contribution in [0.3, 0.4) is 0 Å². The summed E-state index contributed by atoms with van der Waals surface area (Å²) in [6.07, 6.45) is -3.44. The predicted molar refractivity (Wildman–Crippen MR) is 78.7 cm³/mol. The highest BCUT2D eigenvalue weighted by Crippen LogP contribution is 2.30. The molecule has 3 rings (SSSR count). The average molecular weight is 406 g/mol. The van der Waals surface area contributed by atoms with Crippen LogP contribution in [0.25, 0.3) is 17.3 Å². The molecular formula is C13H7F5N6O2S. The third kappa shape index (κ3) is 3.75. The van der Waals surface area contributed by atoms with Crippen molar-refractivity contribution in [1.29, 1.82) is 0 Å². The number of hydrogen-bond donors (Lipinski definition) is 1. The van der Waals surface area contributed by atoms with Gasteiger partial charge in [0.2, 0.25) is 10.0 Å². The summed E-state index contributed by atoms with van der Waals surface area (Å²) in [5, 5.41) is 8.12. The first-order valence-corrected chi connectivity index (χ1v) is 8.36. The summed E-state index contributed by atoms with van der Waals surface area (Å²) in [6.45, 7) is 0. The number of primary sulfonamides is 1. The largest absolute Gasteiger partial charge is 0.453 e. The van der Waals surface area contributed by atoms with Gasteiger partial charge in [-0.1, -0.05) is 0 Å². The van der Waals surface area contributed by atoms with Crippen molar-refractivity contribution in [1.82, 2.24) is 24.7 Å². The summed E-state index contributed by atoms with van der Waals surface area (Å²) >= 11 is 0. The Morgan fingerprint density at radius 1 is 1.04 bits per heavy atom. The normalized spacial score (nSPS) is 12.4. The lowest BCUT2D eigenvalue weighted by molar-refractivity contribution is -0.144. The lowest BCUT2D eigenvalue weighted by atomic mass is 10.2. The number of hydrogen-bond acceptors (Lipinski definition) is 6. The first-order valence-electron chi connectivity index (χ1n) is 6.82. The first-order chi connectivity index (χ1) is 12.5. The fraction of sp³-hybridized carbons (Fsp3) is 0.0769. The van der Waals surface area contributed by atoms with Gasteiger partial charge in [0.25, 0.3) is 11.8 Å². The molecule has 3 aromatic rings. The Kier molecular flexibility index (Phi) is 4.39. The molecule has 2 heterocycles. The van der Waals surface area contributed by atoms with Gasteiger partial charge in [-0.2, -0.15) is 17.9 Å². The quantitative estimate of drug-likeness (QED) is 0.662. The standard InChI is InChI=1S/C13H7F5N6O2S/c14-8-2-1-6(3-9(8)15)10-22-11(13(16,17)18)23-24(10)12-20-4-7(5-21-12)27(19,25)26/h1-5H,(H2,19,25,26). The molecule has 14 heteroatoms. The fourth-order valence-electron chi connectivity index (χ4n) is 1.96. The summed E-state index contributed by atoms with van der Waals surface area (Å²) < 4.78 is 88.4. The van der Waals surface area contributed by atoms with Crippen LogP contribution in [0.2, 0.25) is 0 Å². The van der Waals surface area contributed by atoms with Gasteiger partial charge in [0.15, 0.2) is 17.5 Å². The maximum Gasteiger partial charge on any atom is 0.453 e. The molecule has 0 unspecified atom stereocenters. The van der Waals surface area contributed by atoms with Crippen LogP contribution in [-0.4, -0.2) is 33.2 Å². The van der Waals surface area contributed by atoms with E-state index in [4.69, 9.17) is 5.14 Å². The third-order valence-electron chi connectivity index (χ3n) is 3.17. The second-order valence-electron chi connectivity index (χ2n) is 5.06. The van der Waals surface area contributed by atoms with Gasteiger partial charge in [-0.05, 0) is 18.2 Å². The van der Waals surface area contributed by atoms with Crippen molar-refractivity contribution in [2.24, 2.45) is 5.14 Å². The second kappa shape index (κ2) is 6.31. The number of alkyl halides is 3. The average Bonchev–Trinajstić information content (AvgIpc) is 3.02. The maximum atomic E-state index is 13.5. The van der Waals surface area contributed by atoms with Crippen LogP contribution in [0, 0.1) is 11.6 Å². The first kappa shape index (κ1) is 18.8. The molecule has 0 aliphatic carbocycles. The maximum absolute atomic E-state index is 13.5. The van der Waals surface area contributed by atoms with E-state index < -0.39 is 50.3 Å². The smallest absolute Gasteiger partial charge is 0.225 e. The molecule has 2 aromatic heterocycles. The number of sulfonamides is 1. The molecule has 0 amide bonds. The Balaban J connectivity index is 2.19. The molecule has 0 atom stereocenters. The lowest BCUT2D eigenvalue weighted by Crippen LogP contribution is -2.14. The zero-order chi connectivity index (χ0) is 20.0. The highest BCUT2D eigenvalue weighted by Gasteiger charge is 2.38. The van der Waals surface area contributed by atoms with Crippen LogP contribution < -0.4 is 5.14 Å². The topological polar surface area (TPSA) is 117 Å². The van der Waals surface area contributed by atoms with E-state index in [1.54, 1.807) is 0 Å². The van der Waals surface area contributed by atoms with Gasteiger partial charge in [-0.15, -0.1) is 5.10 Å². The van der Waals surface area contributed by atoms with Crippen molar-refractivity contribution in [3.63, 3.8) is 0 Å². The van der Waals surface area contributed by atoms with Crippen LogP contribution in [0.5, 0.6) is 0 Å². The zero-order valence-corrected chi connectivity index (χ0v) is 13.6. The summed E-state index contributed by atoms with van der Waals surface area (Å²) in [4.78, 5) is 9.98. The minimum Gasteiger partial charge on any atom is -0.225 e. The molecule has 2 N–H and O–H groups in total. The molecule has 0 bridgehead atoms. The van der Waals surface area contributed by atoms with E-state index in [1.807, 2.05) is 0 Å². The van der Waals surface area contributed by atoms with Crippen molar-refractivity contribution in [3.8, 4) is 17.3 Å². The fourth-order valence-corrected chi connectivity index (χ4v) is 2.36. The highest BCUT2D eigenvalue weighted by molar-refractivity contribution is 7.89. The molecule has 0 aliphatic rings. The van der Waals surface area contributed by atoms with E-state index in [9.17, 15) is 30.4 Å². The Labute approximate surface area is 147 Å². The monoisotopic (exact) mass is 406 g/mol. The zero-order valence-electron chi connectivity index (χ0n) is 12.8. The van der Waals surface area contributed by atoms with E-state index in [1.165, 1.54) is 0 Å². The molecule has 0 saturated carbocycles. The van der Waals surface area contributed by atoms with E-state index in [0.717, 1.165) is 18.5 Å². The summed E-state index contributed by atoms with van der Waals surface area (Å²) in [7, 11) is -4.13. The molecule has 0 spiro atoms. The van der Waals surface area contributed by atoms with E-state index in [-0.39, 0.29) is 5.56 Å². The predicted octanol–water partition coefficient (Wildman–Crippen LogP) is 1.67. The molecular weight excluding hydrogens is 399 g/mol.